The maximum absolute atomic E-state index is 2.42. The smallest absolute Gasteiger partial charge is 0.0269 e. The van der Waals surface area contributed by atoms with E-state index in [4.69, 9.17) is 0 Å². The van der Waals surface area contributed by atoms with Crippen LogP contribution in [-0.2, 0) is 0 Å². The van der Waals surface area contributed by atoms with Crippen molar-refractivity contribution in [2.24, 2.45) is 17.3 Å². The minimum absolute atomic E-state index is 0.847. The van der Waals surface area contributed by atoms with Crippen LogP contribution in [0.15, 0.2) is 0 Å². The zero-order valence-electron chi connectivity index (χ0n) is 5.07. The number of fused-ring (bicyclic) bond motifs is 1. The van der Waals surface area contributed by atoms with Crippen LogP contribution in [0.4, 0.5) is 0 Å². The fourth-order valence-electron chi connectivity index (χ4n) is 1.96. The molecule has 2 aliphatic rings. The predicted molar refractivity (Wildman–Crippen MR) is 30.0 cm³/mol. The van der Waals surface area contributed by atoms with Crippen molar-refractivity contribution in [3.05, 3.63) is 0 Å². The van der Waals surface area contributed by atoms with Crippen LogP contribution in [0, 0.1) is 17.3 Å². The van der Waals surface area contributed by atoms with E-state index in [-0.39, 0.29) is 0 Å². The van der Waals surface area contributed by atoms with E-state index in [1.165, 1.54) is 12.8 Å². The Labute approximate surface area is 44.9 Å². The maximum atomic E-state index is 2.42. The summed E-state index contributed by atoms with van der Waals surface area (Å²) in [5.74, 6) is 2.21. The molecule has 0 nitrogen and oxygen atoms in total. The van der Waals surface area contributed by atoms with Gasteiger partial charge in [0.05, 0.1) is 0 Å². The van der Waals surface area contributed by atoms with Crippen molar-refractivity contribution in [2.45, 2.75) is 26.7 Å². The monoisotopic (exact) mass is 96.1 g/mol. The Morgan fingerprint density at radius 1 is 1.57 bits per heavy atom. The second-order valence-electron chi connectivity index (χ2n) is 3.54. The highest BCUT2D eigenvalue weighted by molar-refractivity contribution is 5.11. The van der Waals surface area contributed by atoms with E-state index >= 15 is 0 Å². The molecule has 0 saturated heterocycles. The van der Waals surface area contributed by atoms with Gasteiger partial charge in [-0.1, -0.05) is 13.8 Å². The fraction of sp³-hybridized carbons (Fsp3) is 1.00. The molecule has 0 N–H and O–H groups in total. The first-order chi connectivity index (χ1) is 3.23. The Balaban J connectivity index is 2.17. The lowest BCUT2D eigenvalue weighted by Crippen LogP contribution is -2.21. The van der Waals surface area contributed by atoms with Crippen molar-refractivity contribution in [3.8, 4) is 0 Å². The standard InChI is InChI=1S/C7H12/c1-5-3-6-4-7(5,6)2/h5-6H,3-4H2,1-2H3. The minimum Gasteiger partial charge on any atom is -0.0620 e. The summed E-state index contributed by atoms with van der Waals surface area (Å²) in [6.45, 7) is 4.80. The molecular formula is C7H12. The van der Waals surface area contributed by atoms with Gasteiger partial charge in [-0.3, -0.25) is 0 Å². The van der Waals surface area contributed by atoms with Crippen LogP contribution in [0.2, 0.25) is 0 Å². The zero-order chi connectivity index (χ0) is 5.07. The van der Waals surface area contributed by atoms with Crippen molar-refractivity contribution in [1.82, 2.24) is 0 Å². The first kappa shape index (κ1) is 3.94. The summed E-state index contributed by atoms with van der Waals surface area (Å²) in [5, 5.41) is 0. The van der Waals surface area contributed by atoms with E-state index in [9.17, 15) is 0 Å². The van der Waals surface area contributed by atoms with Gasteiger partial charge in [0, 0.05) is 0 Å². The molecule has 0 aromatic rings. The van der Waals surface area contributed by atoms with Crippen LogP contribution in [0.25, 0.3) is 0 Å². The van der Waals surface area contributed by atoms with Gasteiger partial charge in [-0.2, -0.15) is 0 Å². The molecule has 2 fully saturated rings. The Hall–Kier alpha value is 0. The largest absolute Gasteiger partial charge is 0.0620 e. The molecule has 3 atom stereocenters. The molecule has 0 amide bonds. The van der Waals surface area contributed by atoms with Crippen LogP contribution in [0.1, 0.15) is 26.7 Å². The molecule has 0 aromatic heterocycles. The summed E-state index contributed by atoms with van der Waals surface area (Å²) >= 11 is 0. The van der Waals surface area contributed by atoms with Crippen molar-refractivity contribution in [1.29, 1.82) is 0 Å². The van der Waals surface area contributed by atoms with Crippen LogP contribution < -0.4 is 0 Å². The molecule has 0 aliphatic heterocycles. The maximum Gasteiger partial charge on any atom is -0.0269 e. The number of hydrogen-bond acceptors (Lipinski definition) is 0. The van der Waals surface area contributed by atoms with Crippen LogP contribution in [-0.4, -0.2) is 0 Å². The highest BCUT2D eigenvalue weighted by Gasteiger charge is 2.61. The second-order valence-corrected chi connectivity index (χ2v) is 3.54. The van der Waals surface area contributed by atoms with Gasteiger partial charge in [0.15, 0.2) is 0 Å². The third kappa shape index (κ3) is 0.266. The molecule has 2 aliphatic carbocycles. The van der Waals surface area contributed by atoms with E-state index in [2.05, 4.69) is 13.8 Å². The lowest BCUT2D eigenvalue weighted by molar-refractivity contribution is 0.200. The van der Waals surface area contributed by atoms with Gasteiger partial charge in [0.2, 0.25) is 0 Å². The average Bonchev–Trinajstić information content (AvgIpc) is 2.13. The van der Waals surface area contributed by atoms with Crippen LogP contribution in [0.5, 0.6) is 0 Å². The van der Waals surface area contributed by atoms with Gasteiger partial charge < -0.3 is 0 Å². The highest BCUT2D eigenvalue weighted by atomic mass is 14.7. The Morgan fingerprint density at radius 2 is 2.29 bits per heavy atom. The average molecular weight is 96.2 g/mol. The van der Waals surface area contributed by atoms with Gasteiger partial charge in [-0.15, -0.1) is 0 Å². The van der Waals surface area contributed by atoms with E-state index < -0.39 is 0 Å². The lowest BCUT2D eigenvalue weighted by Gasteiger charge is -2.29. The summed E-state index contributed by atoms with van der Waals surface area (Å²) in [6.07, 6.45) is 3.06. The molecule has 0 bridgehead atoms. The molecule has 0 radical (unpaired) electrons. The topological polar surface area (TPSA) is 0 Å². The Bertz CT molecular complexity index is 105. The van der Waals surface area contributed by atoms with Gasteiger partial charge in [-0.05, 0) is 30.1 Å². The van der Waals surface area contributed by atoms with Gasteiger partial charge in [-0.25, -0.2) is 0 Å². The highest BCUT2D eigenvalue weighted by Crippen LogP contribution is 2.70. The molecule has 0 heterocycles. The van der Waals surface area contributed by atoms with E-state index in [0.29, 0.717) is 0 Å². The first-order valence-electron chi connectivity index (χ1n) is 3.23. The van der Waals surface area contributed by atoms with Crippen LogP contribution >= 0.6 is 0 Å². The molecule has 0 spiro atoms. The van der Waals surface area contributed by atoms with Gasteiger partial charge in [0.25, 0.3) is 0 Å². The first-order valence-corrected chi connectivity index (χ1v) is 3.23. The normalized spacial score (nSPS) is 66.0. The lowest BCUT2D eigenvalue weighted by atomic mass is 9.76. The number of rotatable bonds is 0. The minimum atomic E-state index is 0.847. The molecule has 0 heteroatoms. The molecule has 2 rings (SSSR count). The Kier molecular flexibility index (Phi) is 0.430. The molecule has 40 valence electrons. The van der Waals surface area contributed by atoms with Crippen molar-refractivity contribution in [3.63, 3.8) is 0 Å². The van der Waals surface area contributed by atoms with Gasteiger partial charge >= 0.3 is 0 Å². The second kappa shape index (κ2) is 0.765. The predicted octanol–water partition coefficient (Wildman–Crippen LogP) is 2.05. The SMILES string of the molecule is CC1CC2CC12C. The molecule has 2 saturated carbocycles. The Morgan fingerprint density at radius 3 is 2.29 bits per heavy atom. The summed E-state index contributed by atoms with van der Waals surface area (Å²) in [4.78, 5) is 0. The molecular weight excluding hydrogens is 84.1 g/mol. The molecule has 0 aromatic carbocycles. The van der Waals surface area contributed by atoms with Crippen LogP contribution in [0.3, 0.4) is 0 Å². The molecule has 3 unspecified atom stereocenters. The van der Waals surface area contributed by atoms with Gasteiger partial charge in [0.1, 0.15) is 0 Å². The summed E-state index contributed by atoms with van der Waals surface area (Å²) in [6, 6.07) is 0. The zero-order valence-corrected chi connectivity index (χ0v) is 5.07. The van der Waals surface area contributed by atoms with Crippen molar-refractivity contribution < 1.29 is 0 Å². The number of hydrogen-bond donors (Lipinski definition) is 0. The summed E-state index contributed by atoms with van der Waals surface area (Å²) in [5.41, 5.74) is 0.847. The van der Waals surface area contributed by atoms with E-state index in [1.807, 2.05) is 0 Å². The summed E-state index contributed by atoms with van der Waals surface area (Å²) < 4.78 is 0. The van der Waals surface area contributed by atoms with E-state index in [1.54, 1.807) is 0 Å². The van der Waals surface area contributed by atoms with Crippen molar-refractivity contribution >= 4 is 0 Å². The third-order valence-corrected chi connectivity index (χ3v) is 3.22. The molecule has 7 heavy (non-hydrogen) atoms. The third-order valence-electron chi connectivity index (χ3n) is 3.22. The van der Waals surface area contributed by atoms with E-state index in [0.717, 1.165) is 17.3 Å². The fourth-order valence-corrected chi connectivity index (χ4v) is 1.96. The quantitative estimate of drug-likeness (QED) is 0.433. The van der Waals surface area contributed by atoms with Crippen molar-refractivity contribution in [2.75, 3.05) is 0 Å². The summed E-state index contributed by atoms with van der Waals surface area (Å²) in [7, 11) is 0.